The molecule has 0 aliphatic carbocycles. The van der Waals surface area contributed by atoms with Crippen LogP contribution in [-0.2, 0) is 9.59 Å². The van der Waals surface area contributed by atoms with Crippen LogP contribution in [0.4, 0.5) is 5.69 Å². The molecular formula is C21H22ClN3O3. The summed E-state index contributed by atoms with van der Waals surface area (Å²) in [6.07, 6.45) is 5.05. The molecule has 0 saturated carbocycles. The van der Waals surface area contributed by atoms with Crippen molar-refractivity contribution in [1.82, 2.24) is 9.88 Å². The fourth-order valence-corrected chi connectivity index (χ4v) is 4.02. The highest BCUT2D eigenvalue weighted by Crippen LogP contribution is 2.29. The van der Waals surface area contributed by atoms with Gasteiger partial charge in [-0.3, -0.25) is 14.6 Å². The molecule has 0 bridgehead atoms. The van der Waals surface area contributed by atoms with Gasteiger partial charge >= 0.3 is 0 Å². The summed E-state index contributed by atoms with van der Waals surface area (Å²) in [7, 11) is 0. The number of carbonyl (C=O) groups is 2. The first kappa shape index (κ1) is 18.7. The van der Waals surface area contributed by atoms with Crippen LogP contribution in [0.5, 0.6) is 5.75 Å². The Morgan fingerprint density at radius 2 is 2.00 bits per heavy atom. The Bertz CT molecular complexity index is 861. The van der Waals surface area contributed by atoms with Gasteiger partial charge in [-0.15, -0.1) is 0 Å². The Hall–Kier alpha value is -2.60. The number of carbonyl (C=O) groups excluding carboxylic acids is 2. The highest BCUT2D eigenvalue weighted by molar-refractivity contribution is 6.31. The summed E-state index contributed by atoms with van der Waals surface area (Å²) in [6, 6.07) is 11.2. The number of hydrogen-bond donors (Lipinski definition) is 0. The number of para-hydroxylation sites is 1. The first-order valence-corrected chi connectivity index (χ1v) is 9.90. The maximum Gasteiger partial charge on any atom is 0.228 e. The first-order valence-electron chi connectivity index (χ1n) is 9.52. The molecule has 2 fully saturated rings. The zero-order valence-corrected chi connectivity index (χ0v) is 16.2. The summed E-state index contributed by atoms with van der Waals surface area (Å²) in [4.78, 5) is 33.0. The number of piperidine rings is 1. The number of anilines is 1. The summed E-state index contributed by atoms with van der Waals surface area (Å²) < 4.78 is 6.00. The van der Waals surface area contributed by atoms with E-state index in [9.17, 15) is 9.59 Å². The maximum absolute atomic E-state index is 13.0. The zero-order valence-electron chi connectivity index (χ0n) is 15.5. The monoisotopic (exact) mass is 399 g/mol. The second-order valence-corrected chi connectivity index (χ2v) is 7.62. The lowest BCUT2D eigenvalue weighted by atomic mass is 10.0. The van der Waals surface area contributed by atoms with Gasteiger partial charge in [0.15, 0.2) is 0 Å². The van der Waals surface area contributed by atoms with Crippen molar-refractivity contribution in [3.63, 3.8) is 0 Å². The van der Waals surface area contributed by atoms with E-state index in [0.29, 0.717) is 30.4 Å². The van der Waals surface area contributed by atoms with E-state index in [4.69, 9.17) is 16.3 Å². The summed E-state index contributed by atoms with van der Waals surface area (Å²) >= 11 is 6.13. The van der Waals surface area contributed by atoms with E-state index < -0.39 is 0 Å². The molecule has 3 heterocycles. The molecule has 0 spiro atoms. The topological polar surface area (TPSA) is 62.7 Å². The molecular weight excluding hydrogens is 378 g/mol. The largest absolute Gasteiger partial charge is 0.487 e. The van der Waals surface area contributed by atoms with Crippen molar-refractivity contribution in [3.05, 3.63) is 53.8 Å². The fraction of sp³-hybridized carbons (Fsp3) is 0.381. The summed E-state index contributed by atoms with van der Waals surface area (Å²) in [6.45, 7) is 1.63. The summed E-state index contributed by atoms with van der Waals surface area (Å²) in [5, 5.41) is 0.464. The Morgan fingerprint density at radius 1 is 1.18 bits per heavy atom. The second-order valence-electron chi connectivity index (χ2n) is 7.21. The van der Waals surface area contributed by atoms with Gasteiger partial charge in [-0.2, -0.15) is 0 Å². The van der Waals surface area contributed by atoms with E-state index in [0.717, 1.165) is 18.5 Å². The molecule has 0 N–H and O–H groups in total. The molecule has 28 heavy (non-hydrogen) atoms. The van der Waals surface area contributed by atoms with Gasteiger partial charge in [0.25, 0.3) is 0 Å². The lowest BCUT2D eigenvalue weighted by molar-refractivity contribution is -0.138. The predicted molar refractivity (Wildman–Crippen MR) is 106 cm³/mol. The number of rotatable bonds is 4. The maximum atomic E-state index is 13.0. The molecule has 2 aliphatic rings. The van der Waals surface area contributed by atoms with Crippen LogP contribution in [-0.4, -0.2) is 47.4 Å². The minimum Gasteiger partial charge on any atom is -0.487 e. The van der Waals surface area contributed by atoms with Gasteiger partial charge in [-0.05, 0) is 25.0 Å². The van der Waals surface area contributed by atoms with Gasteiger partial charge in [0.1, 0.15) is 16.9 Å². The van der Waals surface area contributed by atoms with Gasteiger partial charge in [-0.1, -0.05) is 29.8 Å². The van der Waals surface area contributed by atoms with Gasteiger partial charge in [0.2, 0.25) is 11.8 Å². The van der Waals surface area contributed by atoms with Crippen molar-refractivity contribution in [2.24, 2.45) is 5.92 Å². The number of likely N-dealkylation sites (tertiary alicyclic amines) is 1. The molecule has 1 aromatic heterocycles. The molecule has 2 amide bonds. The highest BCUT2D eigenvalue weighted by Gasteiger charge is 2.38. The molecule has 2 atom stereocenters. The first-order chi connectivity index (χ1) is 13.6. The highest BCUT2D eigenvalue weighted by atomic mass is 35.5. The van der Waals surface area contributed by atoms with Crippen LogP contribution in [0.25, 0.3) is 0 Å². The lowest BCUT2D eigenvalue weighted by Crippen LogP contribution is -2.47. The van der Waals surface area contributed by atoms with E-state index in [2.05, 4.69) is 4.98 Å². The number of amides is 2. The number of hydrogen-bond acceptors (Lipinski definition) is 4. The molecule has 0 radical (unpaired) electrons. The Labute approximate surface area is 169 Å². The molecule has 146 valence electrons. The van der Waals surface area contributed by atoms with Crippen molar-refractivity contribution in [2.75, 3.05) is 24.5 Å². The molecule has 2 saturated heterocycles. The predicted octanol–water partition coefficient (Wildman–Crippen LogP) is 3.16. The minimum absolute atomic E-state index is 0.00192. The normalized spacial score (nSPS) is 22.4. The Kier molecular flexibility index (Phi) is 5.48. The van der Waals surface area contributed by atoms with Gasteiger partial charge in [-0.25, -0.2) is 0 Å². The van der Waals surface area contributed by atoms with Crippen LogP contribution in [0.3, 0.4) is 0 Å². The molecule has 4 rings (SSSR count). The van der Waals surface area contributed by atoms with E-state index >= 15 is 0 Å². The molecule has 7 heteroatoms. The van der Waals surface area contributed by atoms with Crippen LogP contribution in [0.1, 0.15) is 19.3 Å². The fourth-order valence-electron chi connectivity index (χ4n) is 3.86. The number of aromatic nitrogens is 1. The van der Waals surface area contributed by atoms with Crippen molar-refractivity contribution in [2.45, 2.75) is 25.4 Å². The Balaban J connectivity index is 1.39. The van der Waals surface area contributed by atoms with Crippen LogP contribution >= 0.6 is 11.6 Å². The third-order valence-corrected chi connectivity index (χ3v) is 5.54. The standard InChI is InChI=1S/C21H22ClN3O3/c22-18-12-23-9-8-19(18)28-17-7-4-10-24(14-17)21(27)15-11-20(26)25(13-15)16-5-2-1-3-6-16/h1-3,5-6,8-9,12,15,17H,4,7,10-11,13-14H2. The number of halogens is 1. The van der Waals surface area contributed by atoms with E-state index in [1.54, 1.807) is 23.4 Å². The van der Waals surface area contributed by atoms with E-state index in [-0.39, 0.29) is 30.3 Å². The van der Waals surface area contributed by atoms with Crippen LogP contribution in [0, 0.1) is 5.92 Å². The van der Waals surface area contributed by atoms with Crippen LogP contribution in [0.15, 0.2) is 48.8 Å². The SMILES string of the molecule is O=C(C1CC(=O)N(c2ccccc2)C1)N1CCCC(Oc2ccncc2Cl)C1. The van der Waals surface area contributed by atoms with Crippen molar-refractivity contribution >= 4 is 29.1 Å². The second kappa shape index (κ2) is 8.19. The summed E-state index contributed by atoms with van der Waals surface area (Å²) in [5.74, 6) is 0.303. The Morgan fingerprint density at radius 3 is 2.79 bits per heavy atom. The molecule has 2 aromatic rings. The number of benzene rings is 1. The van der Waals surface area contributed by atoms with Crippen LogP contribution in [0.2, 0.25) is 5.02 Å². The zero-order chi connectivity index (χ0) is 19.5. The van der Waals surface area contributed by atoms with Crippen molar-refractivity contribution in [3.8, 4) is 5.75 Å². The third kappa shape index (κ3) is 3.97. The number of pyridine rings is 1. The van der Waals surface area contributed by atoms with Crippen molar-refractivity contribution in [1.29, 1.82) is 0 Å². The van der Waals surface area contributed by atoms with Crippen molar-refractivity contribution < 1.29 is 14.3 Å². The quantitative estimate of drug-likeness (QED) is 0.792. The third-order valence-electron chi connectivity index (χ3n) is 5.26. The molecule has 1 aromatic carbocycles. The number of nitrogens with zero attached hydrogens (tertiary/aromatic N) is 3. The molecule has 2 unspecified atom stereocenters. The minimum atomic E-state index is -0.309. The lowest BCUT2D eigenvalue weighted by Gasteiger charge is -2.34. The van der Waals surface area contributed by atoms with E-state index in [1.807, 2.05) is 35.2 Å². The average Bonchev–Trinajstić information content (AvgIpc) is 3.12. The van der Waals surface area contributed by atoms with Gasteiger partial charge in [0.05, 0.1) is 12.5 Å². The number of ether oxygens (including phenoxy) is 1. The average molecular weight is 400 g/mol. The smallest absolute Gasteiger partial charge is 0.228 e. The van der Waals surface area contributed by atoms with Crippen LogP contribution < -0.4 is 9.64 Å². The molecule has 6 nitrogen and oxygen atoms in total. The molecule has 2 aliphatic heterocycles. The van der Waals surface area contributed by atoms with Gasteiger partial charge < -0.3 is 14.5 Å². The van der Waals surface area contributed by atoms with Gasteiger partial charge in [0, 0.05) is 43.7 Å². The van der Waals surface area contributed by atoms with E-state index in [1.165, 1.54) is 0 Å². The summed E-state index contributed by atoms with van der Waals surface area (Å²) in [5.41, 5.74) is 0.843.